The largest absolute Gasteiger partial charge is 0.394 e. The molecule has 0 radical (unpaired) electrons. The van der Waals surface area contributed by atoms with Crippen LogP contribution in [0, 0.1) is 0 Å². The molecule has 45 heavy (non-hydrogen) atoms. The molecule has 0 aromatic carbocycles. The SMILES string of the molecule is OC[C@H]1O[C@H](O[C@@H]2[C@H](O)[C@@H](O[C@@H]3[C@@H](O[C@@H]4C(O)O[C@H](CO)[C@@H](O)[C@@H]4O)O[C@H](CO)[C@@H](O)[C@@H]3O)O[C@H](CO)[C@H]2O)[C@@H](O)[C@@H](O)[C@@H]1O. The summed E-state index contributed by atoms with van der Waals surface area (Å²) >= 11 is 0. The van der Waals surface area contributed by atoms with E-state index in [1.165, 1.54) is 0 Å². The molecule has 4 rings (SSSR count). The molecule has 14 N–H and O–H groups in total. The molecule has 4 aliphatic rings. The highest BCUT2D eigenvalue weighted by Gasteiger charge is 2.55. The predicted molar refractivity (Wildman–Crippen MR) is 134 cm³/mol. The summed E-state index contributed by atoms with van der Waals surface area (Å²) in [7, 11) is 0. The maximum Gasteiger partial charge on any atom is 0.187 e. The molecule has 4 heterocycles. The van der Waals surface area contributed by atoms with Gasteiger partial charge in [0.05, 0.1) is 26.4 Å². The van der Waals surface area contributed by atoms with Crippen LogP contribution in [0.4, 0.5) is 0 Å². The molecule has 20 atom stereocenters. The molecular weight excluding hydrogens is 624 g/mol. The van der Waals surface area contributed by atoms with E-state index in [9.17, 15) is 71.5 Å². The lowest BCUT2D eigenvalue weighted by Crippen LogP contribution is -2.67. The lowest BCUT2D eigenvalue weighted by molar-refractivity contribution is -0.399. The fourth-order valence-corrected chi connectivity index (χ4v) is 5.50. The Morgan fingerprint density at radius 3 is 1.24 bits per heavy atom. The minimum Gasteiger partial charge on any atom is -0.394 e. The monoisotopic (exact) mass is 666 g/mol. The van der Waals surface area contributed by atoms with Crippen molar-refractivity contribution in [2.75, 3.05) is 26.4 Å². The van der Waals surface area contributed by atoms with Gasteiger partial charge >= 0.3 is 0 Å². The van der Waals surface area contributed by atoms with Crippen molar-refractivity contribution in [3.05, 3.63) is 0 Å². The molecule has 0 aliphatic carbocycles. The summed E-state index contributed by atoms with van der Waals surface area (Å²) in [6.45, 7) is -3.39. The highest BCUT2D eigenvalue weighted by Crippen LogP contribution is 2.34. The number of aliphatic hydroxyl groups is 14. The zero-order chi connectivity index (χ0) is 33.3. The molecule has 264 valence electrons. The van der Waals surface area contributed by atoms with Crippen LogP contribution >= 0.6 is 0 Å². The van der Waals surface area contributed by atoms with E-state index in [0.717, 1.165) is 0 Å². The van der Waals surface area contributed by atoms with Gasteiger partial charge in [0.1, 0.15) is 97.7 Å². The Balaban J connectivity index is 1.56. The van der Waals surface area contributed by atoms with Crippen LogP contribution in [-0.4, -0.2) is 221 Å². The van der Waals surface area contributed by atoms with Crippen molar-refractivity contribution in [2.24, 2.45) is 0 Å². The molecule has 4 saturated heterocycles. The van der Waals surface area contributed by atoms with E-state index in [1.807, 2.05) is 0 Å². The molecule has 0 aromatic rings. The molecule has 0 bridgehead atoms. The first kappa shape index (κ1) is 37.0. The van der Waals surface area contributed by atoms with Crippen LogP contribution in [0.2, 0.25) is 0 Å². The van der Waals surface area contributed by atoms with E-state index < -0.39 is 149 Å². The first-order valence-electron chi connectivity index (χ1n) is 14.1. The van der Waals surface area contributed by atoms with E-state index in [1.54, 1.807) is 0 Å². The van der Waals surface area contributed by atoms with Crippen LogP contribution in [0.25, 0.3) is 0 Å². The van der Waals surface area contributed by atoms with Crippen molar-refractivity contribution in [3.8, 4) is 0 Å². The van der Waals surface area contributed by atoms with Crippen LogP contribution in [0.3, 0.4) is 0 Å². The Morgan fingerprint density at radius 1 is 0.333 bits per heavy atom. The van der Waals surface area contributed by atoms with E-state index >= 15 is 0 Å². The number of aliphatic hydroxyl groups excluding tert-OH is 14. The lowest BCUT2D eigenvalue weighted by Gasteiger charge is -2.49. The summed E-state index contributed by atoms with van der Waals surface area (Å²) in [6, 6.07) is 0. The first-order chi connectivity index (χ1) is 21.3. The predicted octanol–water partition coefficient (Wildman–Crippen LogP) is -9.75. The van der Waals surface area contributed by atoms with E-state index in [-0.39, 0.29) is 0 Å². The van der Waals surface area contributed by atoms with Crippen LogP contribution in [0.5, 0.6) is 0 Å². The third-order valence-corrected chi connectivity index (χ3v) is 8.21. The Bertz CT molecular complexity index is 916. The van der Waals surface area contributed by atoms with Crippen LogP contribution in [0.15, 0.2) is 0 Å². The summed E-state index contributed by atoms with van der Waals surface area (Å²) in [5, 5.41) is 143. The molecular formula is C24H42O21. The highest BCUT2D eigenvalue weighted by atomic mass is 16.8. The van der Waals surface area contributed by atoms with Crippen molar-refractivity contribution in [1.29, 1.82) is 0 Å². The average Bonchev–Trinajstić information content (AvgIpc) is 3.03. The molecule has 0 aromatic heterocycles. The van der Waals surface area contributed by atoms with Gasteiger partial charge in [-0.15, -0.1) is 0 Å². The number of rotatable bonds is 10. The maximum atomic E-state index is 11.1. The fourth-order valence-electron chi connectivity index (χ4n) is 5.50. The molecule has 0 saturated carbocycles. The number of hydrogen-bond donors (Lipinski definition) is 14. The summed E-state index contributed by atoms with van der Waals surface area (Å²) in [5.74, 6) is 0. The van der Waals surface area contributed by atoms with E-state index in [2.05, 4.69) is 0 Å². The number of hydrogen-bond acceptors (Lipinski definition) is 21. The molecule has 1 unspecified atom stereocenters. The minimum atomic E-state index is -2.07. The molecule has 0 amide bonds. The molecule has 21 nitrogen and oxygen atoms in total. The Labute approximate surface area is 254 Å². The normalized spacial score (nSPS) is 52.9. The van der Waals surface area contributed by atoms with Gasteiger partial charge in [0.2, 0.25) is 0 Å². The summed E-state index contributed by atoms with van der Waals surface area (Å²) in [6.07, 6.45) is -36.3. The van der Waals surface area contributed by atoms with Crippen molar-refractivity contribution in [2.45, 2.75) is 123 Å². The minimum absolute atomic E-state index is 0.785. The first-order valence-corrected chi connectivity index (χ1v) is 14.1. The van der Waals surface area contributed by atoms with Crippen LogP contribution in [0.1, 0.15) is 0 Å². The van der Waals surface area contributed by atoms with Crippen molar-refractivity contribution in [3.63, 3.8) is 0 Å². The standard InChI is InChI=1S/C24H42O21/c25-1-5-10(30)14(34)19(21(38)39-5)44-24-20(15(35)11(31)7(3-27)42-24)45-23-17(37)18(12(32)8(4-28)41-23)43-22-16(36)13(33)9(29)6(2-26)40-22/h5-38H,1-4H2/t5-,6-,7-,8-,9-,10-,11-,12-,13+,14+,15+,16+,17+,18+,19+,20+,21?,22-,23-,24-/m1/s1. The Hall–Kier alpha value is -0.840. The molecule has 21 heteroatoms. The van der Waals surface area contributed by atoms with Gasteiger partial charge in [-0.3, -0.25) is 0 Å². The van der Waals surface area contributed by atoms with Gasteiger partial charge in [0.15, 0.2) is 25.2 Å². The van der Waals surface area contributed by atoms with Gasteiger partial charge in [0.25, 0.3) is 0 Å². The Morgan fingerprint density at radius 2 is 0.711 bits per heavy atom. The van der Waals surface area contributed by atoms with Gasteiger partial charge in [-0.2, -0.15) is 0 Å². The second-order valence-corrected chi connectivity index (χ2v) is 11.1. The van der Waals surface area contributed by atoms with Gasteiger partial charge in [0, 0.05) is 0 Å². The highest BCUT2D eigenvalue weighted by molar-refractivity contribution is 4.97. The topological polar surface area (TPSA) is 348 Å². The number of ether oxygens (including phenoxy) is 7. The molecule has 4 fully saturated rings. The van der Waals surface area contributed by atoms with E-state index in [4.69, 9.17) is 33.2 Å². The smallest absolute Gasteiger partial charge is 0.187 e. The zero-order valence-electron chi connectivity index (χ0n) is 23.5. The lowest BCUT2D eigenvalue weighted by atomic mass is 9.96. The third-order valence-electron chi connectivity index (χ3n) is 8.21. The summed E-state index contributed by atoms with van der Waals surface area (Å²) in [5.41, 5.74) is 0. The van der Waals surface area contributed by atoms with Gasteiger partial charge in [-0.05, 0) is 0 Å². The fraction of sp³-hybridized carbons (Fsp3) is 1.00. The summed E-state index contributed by atoms with van der Waals surface area (Å²) < 4.78 is 37.9. The second-order valence-electron chi connectivity index (χ2n) is 11.1. The maximum absolute atomic E-state index is 11.1. The zero-order valence-corrected chi connectivity index (χ0v) is 23.5. The Kier molecular flexibility index (Phi) is 12.8. The van der Waals surface area contributed by atoms with Gasteiger partial charge < -0.3 is 105 Å². The van der Waals surface area contributed by atoms with Crippen molar-refractivity contribution in [1.82, 2.24) is 0 Å². The molecule has 0 spiro atoms. The molecule has 4 aliphatic heterocycles. The third kappa shape index (κ3) is 7.44. The second kappa shape index (κ2) is 15.6. The van der Waals surface area contributed by atoms with Crippen LogP contribution in [-0.2, 0) is 33.2 Å². The summed E-state index contributed by atoms with van der Waals surface area (Å²) in [4.78, 5) is 0. The van der Waals surface area contributed by atoms with Crippen molar-refractivity contribution >= 4 is 0 Å². The van der Waals surface area contributed by atoms with E-state index in [0.29, 0.717) is 0 Å². The van der Waals surface area contributed by atoms with Crippen molar-refractivity contribution < 1.29 is 105 Å². The van der Waals surface area contributed by atoms with Gasteiger partial charge in [-0.1, -0.05) is 0 Å². The van der Waals surface area contributed by atoms with Crippen LogP contribution < -0.4 is 0 Å². The quantitative estimate of drug-likeness (QED) is 0.103. The van der Waals surface area contributed by atoms with Gasteiger partial charge in [-0.25, -0.2) is 0 Å². The average molecular weight is 667 g/mol.